The van der Waals surface area contributed by atoms with Gasteiger partial charge in [-0.3, -0.25) is 9.48 Å². The van der Waals surface area contributed by atoms with Gasteiger partial charge in [-0.15, -0.1) is 0 Å². The summed E-state index contributed by atoms with van der Waals surface area (Å²) in [5.41, 5.74) is 7.37. The van der Waals surface area contributed by atoms with Gasteiger partial charge in [-0.25, -0.2) is 0 Å². The summed E-state index contributed by atoms with van der Waals surface area (Å²) < 4.78 is 1.68. The lowest BCUT2D eigenvalue weighted by Gasteiger charge is -2.34. The lowest BCUT2D eigenvalue weighted by Crippen LogP contribution is -2.49. The van der Waals surface area contributed by atoms with Crippen LogP contribution in [0.4, 0.5) is 11.8 Å². The zero-order valence-electron chi connectivity index (χ0n) is 14.3. The van der Waals surface area contributed by atoms with E-state index in [1.165, 1.54) is 0 Å². The molecule has 26 heavy (non-hydrogen) atoms. The Morgan fingerprint density at radius 2 is 1.81 bits per heavy atom. The predicted octanol–water partition coefficient (Wildman–Crippen LogP) is 1.56. The van der Waals surface area contributed by atoms with Gasteiger partial charge >= 0.3 is 0 Å². The van der Waals surface area contributed by atoms with Crippen molar-refractivity contribution in [2.45, 2.75) is 0 Å². The van der Waals surface area contributed by atoms with Crippen molar-refractivity contribution >= 4 is 40.3 Å². The second-order valence-corrected chi connectivity index (χ2v) is 6.64. The molecule has 1 amide bonds. The van der Waals surface area contributed by atoms with Crippen molar-refractivity contribution in [2.75, 3.05) is 36.8 Å². The van der Waals surface area contributed by atoms with E-state index in [2.05, 4.69) is 15.1 Å². The fourth-order valence-corrected chi connectivity index (χ4v) is 3.18. The molecule has 0 atom stereocenters. The van der Waals surface area contributed by atoms with Crippen molar-refractivity contribution in [3.05, 3.63) is 41.0 Å². The minimum Gasteiger partial charge on any atom is -0.383 e. The zero-order valence-corrected chi connectivity index (χ0v) is 15.0. The van der Waals surface area contributed by atoms with Crippen LogP contribution in [0.3, 0.4) is 0 Å². The largest absolute Gasteiger partial charge is 0.383 e. The Morgan fingerprint density at radius 3 is 2.50 bits per heavy atom. The molecule has 2 aromatic heterocycles. The van der Waals surface area contributed by atoms with E-state index in [0.717, 1.165) is 5.39 Å². The molecule has 3 heterocycles. The van der Waals surface area contributed by atoms with Crippen molar-refractivity contribution in [1.29, 1.82) is 0 Å². The summed E-state index contributed by atoms with van der Waals surface area (Å²) in [6.45, 7) is 2.46. The number of benzene rings is 1. The molecule has 2 N–H and O–H groups in total. The van der Waals surface area contributed by atoms with Gasteiger partial charge in [-0.05, 0) is 24.3 Å². The van der Waals surface area contributed by atoms with E-state index in [-0.39, 0.29) is 5.91 Å². The van der Waals surface area contributed by atoms with E-state index in [9.17, 15) is 4.79 Å². The van der Waals surface area contributed by atoms with Crippen molar-refractivity contribution in [1.82, 2.24) is 24.6 Å². The number of carbonyl (C=O) groups is 1. The number of halogens is 1. The summed E-state index contributed by atoms with van der Waals surface area (Å²) in [7, 11) is 1.82. The monoisotopic (exact) mass is 371 g/mol. The third-order valence-electron chi connectivity index (χ3n) is 4.55. The van der Waals surface area contributed by atoms with Gasteiger partial charge in [0.25, 0.3) is 5.91 Å². The number of amides is 1. The number of nitrogens with two attached hydrogens (primary N) is 1. The predicted molar refractivity (Wildman–Crippen MR) is 100 cm³/mol. The molecule has 0 unspecified atom stereocenters. The van der Waals surface area contributed by atoms with E-state index in [1.54, 1.807) is 35.1 Å². The highest BCUT2D eigenvalue weighted by atomic mass is 35.5. The van der Waals surface area contributed by atoms with Crippen molar-refractivity contribution in [3.63, 3.8) is 0 Å². The summed E-state index contributed by atoms with van der Waals surface area (Å²) in [4.78, 5) is 25.4. The summed E-state index contributed by atoms with van der Waals surface area (Å²) in [5, 5.41) is 5.53. The highest BCUT2D eigenvalue weighted by Crippen LogP contribution is 2.22. The zero-order chi connectivity index (χ0) is 18.3. The Hall–Kier alpha value is -2.87. The Labute approximate surface area is 155 Å². The Morgan fingerprint density at radius 1 is 1.12 bits per heavy atom. The van der Waals surface area contributed by atoms with Crippen LogP contribution in [0.5, 0.6) is 0 Å². The number of anilines is 2. The molecule has 0 saturated carbocycles. The molecule has 8 nitrogen and oxygen atoms in total. The molecule has 3 aromatic rings. The Balaban J connectivity index is 1.49. The van der Waals surface area contributed by atoms with E-state index in [0.29, 0.717) is 54.2 Å². The second kappa shape index (κ2) is 6.45. The van der Waals surface area contributed by atoms with Crippen LogP contribution >= 0.6 is 11.6 Å². The van der Waals surface area contributed by atoms with Crippen molar-refractivity contribution in [2.24, 2.45) is 7.05 Å². The SMILES string of the molecule is Cn1ncc2c(N)nc(N3CCN(C(=O)c4ccc(Cl)cc4)CC3)nc21. The van der Waals surface area contributed by atoms with Gasteiger partial charge in [0.2, 0.25) is 5.95 Å². The normalized spacial score (nSPS) is 14.8. The van der Waals surface area contributed by atoms with Crippen LogP contribution in [-0.2, 0) is 7.05 Å². The lowest BCUT2D eigenvalue weighted by atomic mass is 10.2. The molecular weight excluding hydrogens is 354 g/mol. The summed E-state index contributed by atoms with van der Waals surface area (Å²) >= 11 is 5.88. The van der Waals surface area contributed by atoms with Gasteiger partial charge in [0.05, 0.1) is 11.6 Å². The topological polar surface area (TPSA) is 93.2 Å². The molecule has 1 saturated heterocycles. The summed E-state index contributed by atoms with van der Waals surface area (Å²) in [5.74, 6) is 0.985. The fourth-order valence-electron chi connectivity index (χ4n) is 3.06. The summed E-state index contributed by atoms with van der Waals surface area (Å²) in [6, 6.07) is 6.95. The fraction of sp³-hybridized carbons (Fsp3) is 0.294. The third-order valence-corrected chi connectivity index (χ3v) is 4.80. The number of aryl methyl sites for hydroxylation is 1. The first-order chi connectivity index (χ1) is 12.5. The number of aromatic nitrogens is 4. The van der Waals surface area contributed by atoms with Gasteiger partial charge in [-0.2, -0.15) is 15.1 Å². The van der Waals surface area contributed by atoms with Crippen LogP contribution in [0, 0.1) is 0 Å². The average Bonchev–Trinajstić information content (AvgIpc) is 3.03. The minimum atomic E-state index is 0.00355. The van der Waals surface area contributed by atoms with E-state index in [1.807, 2.05) is 16.8 Å². The number of rotatable bonds is 2. The second-order valence-electron chi connectivity index (χ2n) is 6.20. The number of piperazine rings is 1. The molecule has 0 bridgehead atoms. The molecule has 0 aliphatic carbocycles. The maximum atomic E-state index is 12.6. The number of hydrogen-bond acceptors (Lipinski definition) is 6. The number of hydrogen-bond donors (Lipinski definition) is 1. The van der Waals surface area contributed by atoms with Crippen LogP contribution < -0.4 is 10.6 Å². The van der Waals surface area contributed by atoms with Crippen molar-refractivity contribution in [3.8, 4) is 0 Å². The van der Waals surface area contributed by atoms with Gasteiger partial charge < -0.3 is 15.5 Å². The van der Waals surface area contributed by atoms with Gasteiger partial charge in [0, 0.05) is 43.8 Å². The van der Waals surface area contributed by atoms with Gasteiger partial charge in [0.1, 0.15) is 5.82 Å². The first-order valence-electron chi connectivity index (χ1n) is 8.28. The molecule has 1 aromatic carbocycles. The van der Waals surface area contributed by atoms with Crippen LogP contribution in [0.15, 0.2) is 30.5 Å². The van der Waals surface area contributed by atoms with Gasteiger partial charge in [-0.1, -0.05) is 11.6 Å². The highest BCUT2D eigenvalue weighted by Gasteiger charge is 2.24. The average molecular weight is 372 g/mol. The molecule has 9 heteroatoms. The lowest BCUT2D eigenvalue weighted by molar-refractivity contribution is 0.0746. The highest BCUT2D eigenvalue weighted by molar-refractivity contribution is 6.30. The molecule has 1 fully saturated rings. The van der Waals surface area contributed by atoms with E-state index < -0.39 is 0 Å². The molecule has 1 aliphatic rings. The smallest absolute Gasteiger partial charge is 0.253 e. The quantitative estimate of drug-likeness (QED) is 0.734. The molecule has 0 radical (unpaired) electrons. The number of nitrogen functional groups attached to an aromatic ring is 1. The molecule has 1 aliphatic heterocycles. The molecule has 0 spiro atoms. The van der Waals surface area contributed by atoms with E-state index >= 15 is 0 Å². The summed E-state index contributed by atoms with van der Waals surface area (Å²) in [6.07, 6.45) is 1.66. The Bertz CT molecular complexity index is 961. The maximum absolute atomic E-state index is 12.6. The molecule has 4 rings (SSSR count). The first-order valence-corrected chi connectivity index (χ1v) is 8.66. The standard InChI is InChI=1S/C17H18ClN7O/c1-23-15-13(10-20-23)14(19)21-17(22-15)25-8-6-24(7-9-25)16(26)11-2-4-12(18)5-3-11/h2-5,10H,6-9H2,1H3,(H2,19,21,22). The number of nitrogens with zero attached hydrogens (tertiary/aromatic N) is 6. The third kappa shape index (κ3) is 2.92. The van der Waals surface area contributed by atoms with Crippen LogP contribution in [0.1, 0.15) is 10.4 Å². The first kappa shape index (κ1) is 16.6. The van der Waals surface area contributed by atoms with Crippen LogP contribution in [-0.4, -0.2) is 56.7 Å². The van der Waals surface area contributed by atoms with Crippen LogP contribution in [0.25, 0.3) is 11.0 Å². The van der Waals surface area contributed by atoms with Crippen LogP contribution in [0.2, 0.25) is 5.02 Å². The minimum absolute atomic E-state index is 0.00355. The maximum Gasteiger partial charge on any atom is 0.253 e. The number of carbonyl (C=O) groups excluding carboxylic acids is 1. The molecule has 134 valence electrons. The van der Waals surface area contributed by atoms with E-state index in [4.69, 9.17) is 17.3 Å². The number of fused-ring (bicyclic) bond motifs is 1. The molecular formula is C17H18ClN7O. The van der Waals surface area contributed by atoms with Gasteiger partial charge in [0.15, 0.2) is 5.65 Å². The Kier molecular flexibility index (Phi) is 4.12. The van der Waals surface area contributed by atoms with Crippen molar-refractivity contribution < 1.29 is 4.79 Å².